The van der Waals surface area contributed by atoms with Crippen LogP contribution < -0.4 is 10.6 Å². The molecule has 0 radical (unpaired) electrons. The Morgan fingerprint density at radius 2 is 1.76 bits per heavy atom. The minimum absolute atomic E-state index is 0.268. The first-order valence-corrected chi connectivity index (χ1v) is 10.7. The van der Waals surface area contributed by atoms with E-state index in [1.807, 2.05) is 26.8 Å². The summed E-state index contributed by atoms with van der Waals surface area (Å²) in [4.78, 5) is 8.95. The third kappa shape index (κ3) is 4.40. The van der Waals surface area contributed by atoms with Crippen LogP contribution in [-0.4, -0.2) is 33.3 Å². The maximum atomic E-state index is 12.8. The van der Waals surface area contributed by atoms with Gasteiger partial charge in [-0.2, -0.15) is 10.1 Å². The fourth-order valence-electron chi connectivity index (χ4n) is 2.67. The highest BCUT2D eigenvalue weighted by Crippen LogP contribution is 2.29. The van der Waals surface area contributed by atoms with Gasteiger partial charge in [0.1, 0.15) is 5.82 Å². The minimum atomic E-state index is -3.47. The third-order valence-electron chi connectivity index (χ3n) is 4.58. The summed E-state index contributed by atoms with van der Waals surface area (Å²) in [6.45, 7) is 10.8. The molecule has 3 rings (SSSR count). The number of aromatic amines is 1. The molecule has 0 aliphatic rings. The van der Waals surface area contributed by atoms with Crippen molar-refractivity contribution in [3.63, 3.8) is 0 Å². The Hall–Kier alpha value is -2.94. The molecule has 9 heteroatoms. The summed E-state index contributed by atoms with van der Waals surface area (Å²) in [7, 11) is -3.47. The summed E-state index contributed by atoms with van der Waals surface area (Å²) >= 11 is 0. The van der Waals surface area contributed by atoms with Crippen LogP contribution in [0, 0.1) is 20.8 Å². The van der Waals surface area contributed by atoms with E-state index in [-0.39, 0.29) is 4.90 Å². The second-order valence-corrected chi connectivity index (χ2v) is 10.7. The number of aryl methyl sites for hydroxylation is 2. The lowest BCUT2D eigenvalue weighted by Gasteiger charge is -2.20. The van der Waals surface area contributed by atoms with Crippen LogP contribution in [0.1, 0.15) is 37.6 Å². The molecule has 8 nitrogen and oxygen atoms in total. The summed E-state index contributed by atoms with van der Waals surface area (Å²) in [5.74, 6) is 1.62. The van der Waals surface area contributed by atoms with Crippen LogP contribution in [0.15, 0.2) is 35.4 Å². The van der Waals surface area contributed by atoms with Crippen molar-refractivity contribution in [2.45, 2.75) is 51.2 Å². The monoisotopic (exact) mass is 414 g/mol. The van der Waals surface area contributed by atoms with E-state index in [0.29, 0.717) is 23.3 Å². The van der Waals surface area contributed by atoms with E-state index in [1.54, 1.807) is 45.2 Å². The van der Waals surface area contributed by atoms with Crippen molar-refractivity contribution in [2.24, 2.45) is 0 Å². The van der Waals surface area contributed by atoms with E-state index in [4.69, 9.17) is 0 Å². The van der Waals surface area contributed by atoms with Crippen LogP contribution in [-0.2, 0) is 9.84 Å². The van der Waals surface area contributed by atoms with E-state index in [1.165, 1.54) is 0 Å². The zero-order valence-electron chi connectivity index (χ0n) is 17.5. The highest BCUT2D eigenvalue weighted by Gasteiger charge is 2.31. The van der Waals surface area contributed by atoms with E-state index < -0.39 is 14.6 Å². The Balaban J connectivity index is 1.88. The standard InChI is InChI=1S/C20H26N6O2S/c1-12-9-15(11-16(10-12)29(27,28)20(4,5)6)22-19-21-8-7-17(24-19)23-18-13(2)14(3)25-26-18/h7-11H,1-6H3,(H3,21,22,23,24,25,26). The lowest BCUT2D eigenvalue weighted by Crippen LogP contribution is -2.28. The molecular formula is C20H26N6O2S. The normalized spacial score (nSPS) is 12.1. The molecule has 0 amide bonds. The van der Waals surface area contributed by atoms with Gasteiger partial charge in [-0.15, -0.1) is 0 Å². The molecule has 0 bridgehead atoms. The zero-order valence-corrected chi connectivity index (χ0v) is 18.3. The summed E-state index contributed by atoms with van der Waals surface area (Å²) in [5, 5.41) is 13.4. The molecule has 0 atom stereocenters. The number of anilines is 4. The van der Waals surface area contributed by atoms with Crippen molar-refractivity contribution < 1.29 is 8.42 Å². The Kier molecular flexibility index (Phi) is 5.36. The van der Waals surface area contributed by atoms with Gasteiger partial charge in [0, 0.05) is 23.1 Å². The highest BCUT2D eigenvalue weighted by molar-refractivity contribution is 7.92. The van der Waals surface area contributed by atoms with Crippen molar-refractivity contribution in [1.29, 1.82) is 0 Å². The smallest absolute Gasteiger partial charge is 0.229 e. The number of rotatable bonds is 5. The van der Waals surface area contributed by atoms with Gasteiger partial charge in [0.2, 0.25) is 5.95 Å². The van der Waals surface area contributed by atoms with E-state index in [0.717, 1.165) is 16.8 Å². The van der Waals surface area contributed by atoms with Gasteiger partial charge in [0.15, 0.2) is 15.7 Å². The van der Waals surface area contributed by atoms with Gasteiger partial charge in [0.05, 0.1) is 9.64 Å². The average Bonchev–Trinajstić information content (AvgIpc) is 2.93. The molecular weight excluding hydrogens is 388 g/mol. The van der Waals surface area contributed by atoms with E-state index >= 15 is 0 Å². The van der Waals surface area contributed by atoms with Crippen molar-refractivity contribution in [3.8, 4) is 0 Å². The van der Waals surface area contributed by atoms with Crippen molar-refractivity contribution in [1.82, 2.24) is 20.2 Å². The number of nitrogens with zero attached hydrogens (tertiary/aromatic N) is 3. The molecule has 0 aliphatic carbocycles. The van der Waals surface area contributed by atoms with Crippen molar-refractivity contribution >= 4 is 33.1 Å². The van der Waals surface area contributed by atoms with Crippen molar-refractivity contribution in [2.75, 3.05) is 10.6 Å². The topological polar surface area (TPSA) is 113 Å². The molecule has 29 heavy (non-hydrogen) atoms. The van der Waals surface area contributed by atoms with Gasteiger partial charge < -0.3 is 10.6 Å². The van der Waals surface area contributed by atoms with Crippen LogP contribution in [0.3, 0.4) is 0 Å². The van der Waals surface area contributed by atoms with Crippen LogP contribution >= 0.6 is 0 Å². The molecule has 154 valence electrons. The first-order valence-electron chi connectivity index (χ1n) is 9.22. The maximum Gasteiger partial charge on any atom is 0.229 e. The summed E-state index contributed by atoms with van der Waals surface area (Å²) in [5.41, 5.74) is 3.42. The second-order valence-electron chi connectivity index (χ2n) is 7.99. The third-order valence-corrected chi connectivity index (χ3v) is 7.05. The quantitative estimate of drug-likeness (QED) is 0.574. The Morgan fingerprint density at radius 3 is 2.38 bits per heavy atom. The lowest BCUT2D eigenvalue weighted by atomic mass is 10.2. The summed E-state index contributed by atoms with van der Waals surface area (Å²) in [6, 6.07) is 6.87. The molecule has 3 N–H and O–H groups in total. The number of benzene rings is 1. The number of H-pyrrole nitrogens is 1. The SMILES string of the molecule is Cc1cc(Nc2nccc(Nc3n[nH]c(C)c3C)n2)cc(S(=O)(=O)C(C)(C)C)c1. The van der Waals surface area contributed by atoms with Crippen LogP contribution in [0.2, 0.25) is 0 Å². The molecule has 0 aliphatic heterocycles. The molecule has 3 aromatic rings. The molecule has 0 unspecified atom stereocenters. The van der Waals surface area contributed by atoms with Gasteiger partial charge in [-0.05, 0) is 71.4 Å². The average molecular weight is 415 g/mol. The van der Waals surface area contributed by atoms with Crippen LogP contribution in [0.5, 0.6) is 0 Å². The van der Waals surface area contributed by atoms with Gasteiger partial charge in [-0.3, -0.25) is 5.10 Å². The Labute approximate surface area is 171 Å². The summed E-state index contributed by atoms with van der Waals surface area (Å²) < 4.78 is 24.8. The lowest BCUT2D eigenvalue weighted by molar-refractivity contribution is 0.560. The number of aromatic nitrogens is 4. The second kappa shape index (κ2) is 7.47. The van der Waals surface area contributed by atoms with Crippen molar-refractivity contribution in [3.05, 3.63) is 47.3 Å². The zero-order chi connectivity index (χ0) is 21.4. The van der Waals surface area contributed by atoms with E-state index in [2.05, 4.69) is 30.8 Å². The summed E-state index contributed by atoms with van der Waals surface area (Å²) in [6.07, 6.45) is 1.62. The molecule has 0 saturated carbocycles. The van der Waals surface area contributed by atoms with Gasteiger partial charge >= 0.3 is 0 Å². The Bertz CT molecular complexity index is 1150. The first kappa shape index (κ1) is 20.8. The maximum absolute atomic E-state index is 12.8. The molecule has 0 spiro atoms. The number of sulfone groups is 1. The fraction of sp³-hybridized carbons (Fsp3) is 0.350. The minimum Gasteiger partial charge on any atom is -0.324 e. The molecule has 1 aromatic carbocycles. The first-order chi connectivity index (χ1) is 13.5. The van der Waals surface area contributed by atoms with Crippen LogP contribution in [0.4, 0.5) is 23.3 Å². The fourth-order valence-corrected chi connectivity index (χ4v) is 4.00. The largest absolute Gasteiger partial charge is 0.324 e. The number of hydrogen-bond donors (Lipinski definition) is 3. The molecule has 0 saturated heterocycles. The van der Waals surface area contributed by atoms with Gasteiger partial charge in [-0.1, -0.05) is 0 Å². The predicted octanol–water partition coefficient (Wildman–Crippen LogP) is 4.18. The Morgan fingerprint density at radius 1 is 1.03 bits per heavy atom. The molecule has 0 fully saturated rings. The highest BCUT2D eigenvalue weighted by atomic mass is 32.2. The number of nitrogens with one attached hydrogen (secondary N) is 3. The number of hydrogen-bond acceptors (Lipinski definition) is 7. The predicted molar refractivity (Wildman–Crippen MR) is 115 cm³/mol. The van der Waals surface area contributed by atoms with Gasteiger partial charge in [-0.25, -0.2) is 13.4 Å². The van der Waals surface area contributed by atoms with Crippen LogP contribution in [0.25, 0.3) is 0 Å². The molecule has 2 aromatic heterocycles. The van der Waals surface area contributed by atoms with Gasteiger partial charge in [0.25, 0.3) is 0 Å². The molecule has 2 heterocycles. The van der Waals surface area contributed by atoms with E-state index in [9.17, 15) is 8.42 Å².